The van der Waals surface area contributed by atoms with Gasteiger partial charge in [-0.3, -0.25) is 9.59 Å². The Labute approximate surface area is 128 Å². The number of aromatic nitrogens is 2. The lowest BCUT2D eigenvalue weighted by atomic mass is 9.93. The minimum Gasteiger partial charge on any atom is -0.348 e. The fourth-order valence-corrected chi connectivity index (χ4v) is 4.28. The Hall–Kier alpha value is -1.50. The van der Waals surface area contributed by atoms with Crippen LogP contribution in [0.2, 0.25) is 0 Å². The number of hydrogen-bond acceptors (Lipinski definition) is 4. The van der Waals surface area contributed by atoms with Crippen molar-refractivity contribution in [1.82, 2.24) is 19.8 Å². The predicted octanol–water partition coefficient (Wildman–Crippen LogP) is 1.04. The molecule has 1 aromatic rings. The Balaban J connectivity index is 1.59. The summed E-state index contributed by atoms with van der Waals surface area (Å²) in [6, 6.07) is -0.267. The molecule has 2 saturated heterocycles. The van der Waals surface area contributed by atoms with E-state index in [1.54, 1.807) is 23.0 Å². The smallest absolute Gasteiger partial charge is 0.246 e. The summed E-state index contributed by atoms with van der Waals surface area (Å²) in [5, 5.41) is 0. The summed E-state index contributed by atoms with van der Waals surface area (Å²) < 4.78 is 0. The molecule has 1 unspecified atom stereocenters. The first-order valence-corrected chi connectivity index (χ1v) is 8.44. The van der Waals surface area contributed by atoms with Crippen molar-refractivity contribution in [3.8, 4) is 0 Å². The van der Waals surface area contributed by atoms with Crippen LogP contribution in [0.4, 0.5) is 0 Å². The molecule has 0 saturated carbocycles. The molecule has 21 heavy (non-hydrogen) atoms. The Kier molecular flexibility index (Phi) is 4.19. The number of aromatic amines is 1. The van der Waals surface area contributed by atoms with Gasteiger partial charge in [-0.25, -0.2) is 4.98 Å². The Morgan fingerprint density at radius 1 is 1.38 bits per heavy atom. The standard InChI is InChI=1S/C14H20N4O2S/c1-10(19)18-9-21-7-13(18)14(20)17-4-2-11(3-5-17)12-6-15-8-16-12/h6,8,11,13H,2-5,7,9H2,1H3,(H,15,16). The van der Waals surface area contributed by atoms with Crippen molar-refractivity contribution in [3.63, 3.8) is 0 Å². The number of imidazole rings is 1. The first kappa shape index (κ1) is 14.4. The summed E-state index contributed by atoms with van der Waals surface area (Å²) in [7, 11) is 0. The summed E-state index contributed by atoms with van der Waals surface area (Å²) in [5.41, 5.74) is 1.16. The fourth-order valence-electron chi connectivity index (χ4n) is 3.07. The van der Waals surface area contributed by atoms with Gasteiger partial charge in [-0.2, -0.15) is 0 Å². The largest absolute Gasteiger partial charge is 0.348 e. The number of carbonyl (C=O) groups excluding carboxylic acids is 2. The first-order chi connectivity index (χ1) is 10.2. The van der Waals surface area contributed by atoms with Gasteiger partial charge >= 0.3 is 0 Å². The van der Waals surface area contributed by atoms with Crippen LogP contribution in [0, 0.1) is 0 Å². The minimum absolute atomic E-state index is 0.00861. The van der Waals surface area contributed by atoms with Gasteiger partial charge in [0.25, 0.3) is 0 Å². The van der Waals surface area contributed by atoms with Gasteiger partial charge in [0.15, 0.2) is 0 Å². The molecule has 0 radical (unpaired) electrons. The second kappa shape index (κ2) is 6.09. The zero-order chi connectivity index (χ0) is 14.8. The summed E-state index contributed by atoms with van der Waals surface area (Å²) in [6.45, 7) is 3.06. The number of likely N-dealkylation sites (tertiary alicyclic amines) is 1. The average Bonchev–Trinajstić information content (AvgIpc) is 3.18. The van der Waals surface area contributed by atoms with Crippen molar-refractivity contribution < 1.29 is 9.59 Å². The summed E-state index contributed by atoms with van der Waals surface area (Å²) in [4.78, 5) is 35.0. The number of carbonyl (C=O) groups is 2. The number of nitrogens with zero attached hydrogens (tertiary/aromatic N) is 3. The maximum absolute atomic E-state index is 12.6. The second-order valence-corrected chi connectivity index (χ2v) is 6.61. The van der Waals surface area contributed by atoms with E-state index in [1.165, 1.54) is 6.92 Å². The van der Waals surface area contributed by atoms with E-state index < -0.39 is 0 Å². The highest BCUT2D eigenvalue weighted by molar-refractivity contribution is 7.99. The van der Waals surface area contributed by atoms with E-state index in [1.807, 2.05) is 11.1 Å². The van der Waals surface area contributed by atoms with Crippen molar-refractivity contribution in [2.75, 3.05) is 24.7 Å². The minimum atomic E-state index is -0.267. The number of rotatable bonds is 2. The van der Waals surface area contributed by atoms with Gasteiger partial charge in [0.1, 0.15) is 6.04 Å². The Morgan fingerprint density at radius 3 is 2.76 bits per heavy atom. The summed E-state index contributed by atoms with van der Waals surface area (Å²) >= 11 is 1.65. The fraction of sp³-hybridized carbons (Fsp3) is 0.643. The molecule has 0 aromatic carbocycles. The molecule has 7 heteroatoms. The van der Waals surface area contributed by atoms with Crippen molar-refractivity contribution in [3.05, 3.63) is 18.2 Å². The lowest BCUT2D eigenvalue weighted by Gasteiger charge is -2.34. The molecule has 0 bridgehead atoms. The normalized spacial score (nSPS) is 23.6. The molecule has 6 nitrogen and oxygen atoms in total. The van der Waals surface area contributed by atoms with Crippen molar-refractivity contribution in [2.24, 2.45) is 0 Å². The maximum Gasteiger partial charge on any atom is 0.246 e. The highest BCUT2D eigenvalue weighted by atomic mass is 32.2. The molecule has 1 N–H and O–H groups in total. The number of H-pyrrole nitrogens is 1. The highest BCUT2D eigenvalue weighted by Gasteiger charge is 2.36. The lowest BCUT2D eigenvalue weighted by molar-refractivity contribution is -0.143. The third-order valence-electron chi connectivity index (χ3n) is 4.34. The molecule has 2 fully saturated rings. The molecule has 2 amide bonds. The topological polar surface area (TPSA) is 69.3 Å². The van der Waals surface area contributed by atoms with Crippen LogP contribution in [0.1, 0.15) is 31.4 Å². The molecular formula is C14H20N4O2S. The van der Waals surface area contributed by atoms with Gasteiger partial charge in [-0.15, -0.1) is 11.8 Å². The van der Waals surface area contributed by atoms with Crippen LogP contribution in [0.3, 0.4) is 0 Å². The zero-order valence-corrected chi connectivity index (χ0v) is 12.9. The molecule has 2 aliphatic heterocycles. The van der Waals surface area contributed by atoms with Gasteiger partial charge in [0.05, 0.1) is 12.2 Å². The van der Waals surface area contributed by atoms with Crippen LogP contribution in [0.5, 0.6) is 0 Å². The molecule has 0 spiro atoms. The van der Waals surface area contributed by atoms with E-state index in [9.17, 15) is 9.59 Å². The van der Waals surface area contributed by atoms with Crippen LogP contribution >= 0.6 is 11.8 Å². The van der Waals surface area contributed by atoms with Crippen LogP contribution in [-0.2, 0) is 9.59 Å². The lowest BCUT2D eigenvalue weighted by Crippen LogP contribution is -2.50. The maximum atomic E-state index is 12.6. The van der Waals surface area contributed by atoms with Crippen LogP contribution < -0.4 is 0 Å². The molecule has 2 aliphatic rings. The zero-order valence-electron chi connectivity index (χ0n) is 12.1. The van der Waals surface area contributed by atoms with Gasteiger partial charge in [-0.1, -0.05) is 0 Å². The SMILES string of the molecule is CC(=O)N1CSCC1C(=O)N1CCC(c2cnc[nH]2)CC1. The van der Waals surface area contributed by atoms with E-state index >= 15 is 0 Å². The number of hydrogen-bond donors (Lipinski definition) is 1. The second-order valence-electron chi connectivity index (χ2n) is 5.61. The average molecular weight is 308 g/mol. The Bertz CT molecular complexity index is 511. The van der Waals surface area contributed by atoms with E-state index in [0.29, 0.717) is 11.8 Å². The molecule has 1 aromatic heterocycles. The van der Waals surface area contributed by atoms with Crippen molar-refractivity contribution in [2.45, 2.75) is 31.7 Å². The van der Waals surface area contributed by atoms with Gasteiger partial charge in [0.2, 0.25) is 11.8 Å². The molecule has 0 aliphatic carbocycles. The molecule has 1 atom stereocenters. The van der Waals surface area contributed by atoms with Crippen molar-refractivity contribution in [1.29, 1.82) is 0 Å². The van der Waals surface area contributed by atoms with Gasteiger partial charge in [0, 0.05) is 43.6 Å². The number of nitrogens with one attached hydrogen (secondary N) is 1. The van der Waals surface area contributed by atoms with E-state index in [0.717, 1.165) is 37.4 Å². The van der Waals surface area contributed by atoms with E-state index in [-0.39, 0.29) is 17.9 Å². The quantitative estimate of drug-likeness (QED) is 0.886. The molecule has 114 valence electrons. The monoisotopic (exact) mass is 308 g/mol. The van der Waals surface area contributed by atoms with E-state index in [2.05, 4.69) is 9.97 Å². The third-order valence-corrected chi connectivity index (χ3v) is 5.35. The van der Waals surface area contributed by atoms with Crippen LogP contribution in [0.15, 0.2) is 12.5 Å². The Morgan fingerprint density at radius 2 is 2.14 bits per heavy atom. The third kappa shape index (κ3) is 2.92. The molecule has 3 rings (SSSR count). The molecular weight excluding hydrogens is 288 g/mol. The number of thioether (sulfide) groups is 1. The van der Waals surface area contributed by atoms with Gasteiger partial charge < -0.3 is 14.8 Å². The van der Waals surface area contributed by atoms with Crippen molar-refractivity contribution >= 4 is 23.6 Å². The van der Waals surface area contributed by atoms with Gasteiger partial charge in [-0.05, 0) is 12.8 Å². The number of piperidine rings is 1. The summed E-state index contributed by atoms with van der Waals surface area (Å²) in [5.74, 6) is 1.91. The van der Waals surface area contributed by atoms with Crippen LogP contribution in [-0.4, -0.2) is 62.3 Å². The first-order valence-electron chi connectivity index (χ1n) is 7.29. The van der Waals surface area contributed by atoms with E-state index in [4.69, 9.17) is 0 Å². The predicted molar refractivity (Wildman–Crippen MR) is 80.8 cm³/mol. The molecule has 3 heterocycles. The van der Waals surface area contributed by atoms with Crippen LogP contribution in [0.25, 0.3) is 0 Å². The highest BCUT2D eigenvalue weighted by Crippen LogP contribution is 2.28. The number of amides is 2. The summed E-state index contributed by atoms with van der Waals surface area (Å²) in [6.07, 6.45) is 5.47.